The molecule has 0 spiro atoms. The van der Waals surface area contributed by atoms with Gasteiger partial charge in [0.2, 0.25) is 0 Å². The molecule has 1 saturated heterocycles. The molecular formula is C13H19N3O2. The number of likely N-dealkylation sites (tertiary alicyclic amines) is 1. The van der Waals surface area contributed by atoms with Crippen molar-refractivity contribution in [3.05, 3.63) is 28.2 Å². The van der Waals surface area contributed by atoms with Gasteiger partial charge in [0.15, 0.2) is 0 Å². The van der Waals surface area contributed by atoms with E-state index < -0.39 is 0 Å². The zero-order valence-corrected chi connectivity index (χ0v) is 11.1. The molecule has 1 fully saturated rings. The van der Waals surface area contributed by atoms with Gasteiger partial charge in [0.25, 0.3) is 11.5 Å². The van der Waals surface area contributed by atoms with Crippen LogP contribution >= 0.6 is 0 Å². The number of rotatable bonds is 1. The van der Waals surface area contributed by atoms with E-state index in [1.807, 2.05) is 4.90 Å². The van der Waals surface area contributed by atoms with Gasteiger partial charge in [-0.3, -0.25) is 9.59 Å². The van der Waals surface area contributed by atoms with Crippen LogP contribution in [0.4, 0.5) is 0 Å². The van der Waals surface area contributed by atoms with E-state index in [1.54, 1.807) is 0 Å². The van der Waals surface area contributed by atoms with Crippen molar-refractivity contribution in [3.63, 3.8) is 0 Å². The van der Waals surface area contributed by atoms with Crippen LogP contribution in [-0.2, 0) is 0 Å². The quantitative estimate of drug-likeness (QED) is 0.815. The highest BCUT2D eigenvalue weighted by atomic mass is 16.2. The van der Waals surface area contributed by atoms with E-state index in [1.165, 1.54) is 12.1 Å². The van der Waals surface area contributed by atoms with Gasteiger partial charge in [0, 0.05) is 19.2 Å². The number of hydrogen-bond acceptors (Lipinski definition) is 3. The van der Waals surface area contributed by atoms with E-state index in [0.29, 0.717) is 11.6 Å². The van der Waals surface area contributed by atoms with Crippen molar-refractivity contribution < 1.29 is 4.79 Å². The van der Waals surface area contributed by atoms with Gasteiger partial charge in [-0.25, -0.2) is 5.10 Å². The molecule has 0 radical (unpaired) electrons. The van der Waals surface area contributed by atoms with Crippen LogP contribution in [0, 0.1) is 11.3 Å². The van der Waals surface area contributed by atoms with Crippen LogP contribution in [0.3, 0.4) is 0 Å². The Hall–Kier alpha value is -1.65. The first-order chi connectivity index (χ1) is 8.38. The number of H-pyrrole nitrogens is 1. The highest BCUT2D eigenvalue weighted by molar-refractivity contribution is 5.92. The second-order valence-corrected chi connectivity index (χ2v) is 5.91. The minimum absolute atomic E-state index is 0.0991. The second-order valence-electron chi connectivity index (χ2n) is 5.91. The number of hydrogen-bond donors (Lipinski definition) is 1. The Kier molecular flexibility index (Phi) is 3.24. The Labute approximate surface area is 106 Å². The first-order valence-corrected chi connectivity index (χ1v) is 6.23. The van der Waals surface area contributed by atoms with Crippen molar-refractivity contribution in [2.45, 2.75) is 27.2 Å². The zero-order chi connectivity index (χ0) is 13.3. The Morgan fingerprint density at radius 2 is 2.17 bits per heavy atom. The molecule has 1 aromatic rings. The molecule has 0 aliphatic carbocycles. The SMILES string of the molecule is CC(C)(C)C1CCN(C(=O)c2ccc(=O)[nH]n2)C1. The standard InChI is InChI=1S/C13H19N3O2/c1-13(2,3)9-6-7-16(8-9)12(18)10-4-5-11(17)15-14-10/h4-5,9H,6-8H2,1-3H3,(H,15,17). The fraction of sp³-hybridized carbons (Fsp3) is 0.615. The van der Waals surface area contributed by atoms with Crippen molar-refractivity contribution in [1.29, 1.82) is 0 Å². The number of nitrogens with zero attached hydrogens (tertiary/aromatic N) is 2. The molecule has 98 valence electrons. The number of carbonyl (C=O) groups is 1. The van der Waals surface area contributed by atoms with Gasteiger partial charge in [-0.2, -0.15) is 5.10 Å². The molecule has 2 rings (SSSR count). The van der Waals surface area contributed by atoms with Crippen molar-refractivity contribution in [3.8, 4) is 0 Å². The molecule has 5 nitrogen and oxygen atoms in total. The molecule has 5 heteroatoms. The molecule has 18 heavy (non-hydrogen) atoms. The summed E-state index contributed by atoms with van der Waals surface area (Å²) in [4.78, 5) is 24.9. The molecule has 1 amide bonds. The van der Waals surface area contributed by atoms with Gasteiger partial charge in [0.05, 0.1) is 0 Å². The van der Waals surface area contributed by atoms with Gasteiger partial charge in [-0.15, -0.1) is 0 Å². The predicted molar refractivity (Wildman–Crippen MR) is 68.3 cm³/mol. The first-order valence-electron chi connectivity index (χ1n) is 6.23. The van der Waals surface area contributed by atoms with Crippen LogP contribution in [0.15, 0.2) is 16.9 Å². The fourth-order valence-corrected chi connectivity index (χ4v) is 2.28. The van der Waals surface area contributed by atoms with Gasteiger partial charge < -0.3 is 4.90 Å². The topological polar surface area (TPSA) is 66.1 Å². The average Bonchev–Trinajstić information content (AvgIpc) is 2.78. The van der Waals surface area contributed by atoms with Crippen LogP contribution < -0.4 is 5.56 Å². The van der Waals surface area contributed by atoms with Gasteiger partial charge in [0.1, 0.15) is 5.69 Å². The fourth-order valence-electron chi connectivity index (χ4n) is 2.28. The smallest absolute Gasteiger partial charge is 0.274 e. The summed E-state index contributed by atoms with van der Waals surface area (Å²) in [5, 5.41) is 6.07. The maximum absolute atomic E-state index is 12.2. The summed E-state index contributed by atoms with van der Waals surface area (Å²) < 4.78 is 0. The van der Waals surface area contributed by atoms with Crippen molar-refractivity contribution >= 4 is 5.91 Å². The second kappa shape index (κ2) is 4.55. The molecule has 1 aliphatic rings. The van der Waals surface area contributed by atoms with Crippen LogP contribution in [0.5, 0.6) is 0 Å². The Morgan fingerprint density at radius 3 is 2.67 bits per heavy atom. The van der Waals surface area contributed by atoms with E-state index in [0.717, 1.165) is 19.5 Å². The lowest BCUT2D eigenvalue weighted by Crippen LogP contribution is -2.32. The molecule has 2 heterocycles. The summed E-state index contributed by atoms with van der Waals surface area (Å²) in [6, 6.07) is 2.81. The lowest BCUT2D eigenvalue weighted by atomic mass is 9.80. The van der Waals surface area contributed by atoms with Gasteiger partial charge >= 0.3 is 0 Å². The number of aromatic amines is 1. The summed E-state index contributed by atoms with van der Waals surface area (Å²) in [5.41, 5.74) is 0.234. The van der Waals surface area contributed by atoms with Crippen LogP contribution in [-0.4, -0.2) is 34.1 Å². The lowest BCUT2D eigenvalue weighted by Gasteiger charge is -2.26. The monoisotopic (exact) mass is 249 g/mol. The number of aromatic nitrogens is 2. The van der Waals surface area contributed by atoms with E-state index in [9.17, 15) is 9.59 Å². The Balaban J connectivity index is 2.08. The van der Waals surface area contributed by atoms with Crippen LogP contribution in [0.1, 0.15) is 37.7 Å². The Bertz CT molecular complexity index is 481. The van der Waals surface area contributed by atoms with Gasteiger partial charge in [-0.1, -0.05) is 20.8 Å². The summed E-state index contributed by atoms with van der Waals surface area (Å²) in [6.07, 6.45) is 1.03. The minimum atomic E-state index is -0.291. The first kappa shape index (κ1) is 12.8. The number of amides is 1. The number of nitrogens with one attached hydrogen (secondary N) is 1. The summed E-state index contributed by atoms with van der Waals surface area (Å²) in [5.74, 6) is 0.419. The average molecular weight is 249 g/mol. The molecule has 0 saturated carbocycles. The van der Waals surface area contributed by atoms with E-state index in [-0.39, 0.29) is 16.9 Å². The molecule has 1 unspecified atom stereocenters. The highest BCUT2D eigenvalue weighted by Crippen LogP contribution is 2.33. The Morgan fingerprint density at radius 1 is 1.44 bits per heavy atom. The third-order valence-corrected chi connectivity index (χ3v) is 3.60. The molecule has 0 aromatic carbocycles. The minimum Gasteiger partial charge on any atom is -0.337 e. The lowest BCUT2D eigenvalue weighted by molar-refractivity contribution is 0.0769. The predicted octanol–water partition coefficient (Wildman–Crippen LogP) is 1.28. The highest BCUT2D eigenvalue weighted by Gasteiger charge is 2.34. The third kappa shape index (κ3) is 2.60. The summed E-state index contributed by atoms with van der Waals surface area (Å²) in [6.45, 7) is 8.13. The van der Waals surface area contributed by atoms with Crippen LogP contribution in [0.2, 0.25) is 0 Å². The largest absolute Gasteiger partial charge is 0.337 e. The molecular weight excluding hydrogens is 230 g/mol. The normalized spacial score (nSPS) is 20.2. The maximum atomic E-state index is 12.2. The number of carbonyl (C=O) groups excluding carboxylic acids is 1. The zero-order valence-electron chi connectivity index (χ0n) is 11.1. The molecule has 1 atom stereocenters. The molecule has 1 N–H and O–H groups in total. The molecule has 1 aromatic heterocycles. The van der Waals surface area contributed by atoms with Gasteiger partial charge in [-0.05, 0) is 23.8 Å². The molecule has 1 aliphatic heterocycles. The van der Waals surface area contributed by atoms with Crippen LogP contribution in [0.25, 0.3) is 0 Å². The van der Waals surface area contributed by atoms with E-state index >= 15 is 0 Å². The molecule has 0 bridgehead atoms. The third-order valence-electron chi connectivity index (χ3n) is 3.60. The summed E-state index contributed by atoms with van der Waals surface area (Å²) >= 11 is 0. The van der Waals surface area contributed by atoms with Crippen molar-refractivity contribution in [1.82, 2.24) is 15.1 Å². The van der Waals surface area contributed by atoms with E-state index in [4.69, 9.17) is 0 Å². The van der Waals surface area contributed by atoms with Crippen molar-refractivity contribution in [2.24, 2.45) is 11.3 Å². The maximum Gasteiger partial charge on any atom is 0.274 e. The van der Waals surface area contributed by atoms with E-state index in [2.05, 4.69) is 31.0 Å². The summed E-state index contributed by atoms with van der Waals surface area (Å²) in [7, 11) is 0. The van der Waals surface area contributed by atoms with Crippen molar-refractivity contribution in [2.75, 3.05) is 13.1 Å².